The molecule has 0 bridgehead atoms. The summed E-state index contributed by atoms with van der Waals surface area (Å²) < 4.78 is 27.9. The van der Waals surface area contributed by atoms with Gasteiger partial charge in [0, 0.05) is 0 Å². The summed E-state index contributed by atoms with van der Waals surface area (Å²) in [5.41, 5.74) is 0.477. The van der Waals surface area contributed by atoms with Crippen LogP contribution in [0.1, 0.15) is 6.92 Å². The van der Waals surface area contributed by atoms with Gasteiger partial charge < -0.3 is 4.74 Å². The summed E-state index contributed by atoms with van der Waals surface area (Å²) in [6, 6.07) is 5.62. The lowest BCUT2D eigenvalue weighted by atomic mass is 10.3. The topological polar surface area (TPSA) is 89.7 Å². The van der Waals surface area contributed by atoms with Gasteiger partial charge in [0.1, 0.15) is 11.2 Å². The molecule has 21 heavy (non-hydrogen) atoms. The number of rotatable bonds is 4. The van der Waals surface area contributed by atoms with Gasteiger partial charge >= 0.3 is 0 Å². The van der Waals surface area contributed by atoms with E-state index in [0.29, 0.717) is 21.5 Å². The number of primary sulfonamides is 1. The second-order valence-corrected chi connectivity index (χ2v) is 7.22. The van der Waals surface area contributed by atoms with Crippen molar-refractivity contribution in [3.05, 3.63) is 35.4 Å². The second kappa shape index (κ2) is 6.14. The van der Waals surface area contributed by atoms with E-state index in [1.807, 2.05) is 6.92 Å². The molecule has 0 aromatic heterocycles. The zero-order valence-electron chi connectivity index (χ0n) is 11.0. The molecule has 0 aliphatic carbocycles. The summed E-state index contributed by atoms with van der Waals surface area (Å²) in [4.78, 5) is 13.9. The Morgan fingerprint density at radius 1 is 1.38 bits per heavy atom. The fourth-order valence-electron chi connectivity index (χ4n) is 1.62. The van der Waals surface area contributed by atoms with Crippen molar-refractivity contribution in [3.63, 3.8) is 0 Å². The molecule has 6 nitrogen and oxygen atoms in total. The Hall–Kier alpha value is -1.42. The molecule has 1 heterocycles. The number of carbonyl (C=O) groups excluding carboxylic acids is 1. The molecule has 9 heteroatoms. The largest absolute Gasteiger partial charge is 0.500 e. The lowest BCUT2D eigenvalue weighted by molar-refractivity contribution is -0.113. The van der Waals surface area contributed by atoms with Gasteiger partial charge in [-0.1, -0.05) is 24.0 Å². The van der Waals surface area contributed by atoms with Crippen molar-refractivity contribution < 1.29 is 17.9 Å². The lowest BCUT2D eigenvalue weighted by Gasteiger charge is -2.14. The minimum absolute atomic E-state index is 0.0263. The fourth-order valence-corrected chi connectivity index (χ4v) is 3.35. The van der Waals surface area contributed by atoms with E-state index < -0.39 is 10.0 Å². The van der Waals surface area contributed by atoms with Gasteiger partial charge in [-0.15, -0.1) is 0 Å². The van der Waals surface area contributed by atoms with Gasteiger partial charge in [-0.3, -0.25) is 9.69 Å². The maximum absolute atomic E-state index is 12.2. The molecule has 1 amide bonds. The number of hydrogen-bond donors (Lipinski definition) is 1. The third kappa shape index (κ3) is 3.43. The molecule has 0 unspecified atom stereocenters. The average molecular weight is 344 g/mol. The number of thiocarbonyl (C=S) groups is 1. The Labute approximate surface area is 132 Å². The van der Waals surface area contributed by atoms with Gasteiger partial charge in [0.2, 0.25) is 10.0 Å². The summed E-state index contributed by atoms with van der Waals surface area (Å²) in [7, 11) is -3.77. The highest BCUT2D eigenvalue weighted by Gasteiger charge is 2.33. The van der Waals surface area contributed by atoms with E-state index in [4.69, 9.17) is 22.1 Å². The second-order valence-electron chi connectivity index (χ2n) is 3.98. The number of sulfonamides is 1. The van der Waals surface area contributed by atoms with Crippen LogP contribution in [0.5, 0.6) is 0 Å². The van der Waals surface area contributed by atoms with Crippen LogP contribution in [0.2, 0.25) is 0 Å². The van der Waals surface area contributed by atoms with Crippen LogP contribution in [-0.2, 0) is 19.6 Å². The minimum atomic E-state index is -3.77. The smallest absolute Gasteiger partial charge is 0.273 e. The highest BCUT2D eigenvalue weighted by atomic mass is 32.2. The molecule has 2 rings (SSSR count). The van der Waals surface area contributed by atoms with E-state index in [-0.39, 0.29) is 10.8 Å². The maximum atomic E-state index is 12.2. The SMILES string of the molecule is CCO/C=C1/SC(=S)N(c2ccc(S(N)(=O)=O)cc2)C1=O. The molecule has 0 atom stereocenters. The molecule has 1 fully saturated rings. The number of benzene rings is 1. The molecular formula is C12H12N2O4S3. The van der Waals surface area contributed by atoms with Crippen molar-refractivity contribution in [3.8, 4) is 0 Å². The van der Waals surface area contributed by atoms with Crippen LogP contribution in [0, 0.1) is 0 Å². The molecule has 0 saturated carbocycles. The number of nitrogens with zero attached hydrogens (tertiary/aromatic N) is 1. The Morgan fingerprint density at radius 2 is 2.00 bits per heavy atom. The number of amides is 1. The van der Waals surface area contributed by atoms with Gasteiger partial charge in [0.15, 0.2) is 4.32 Å². The minimum Gasteiger partial charge on any atom is -0.500 e. The highest BCUT2D eigenvalue weighted by molar-refractivity contribution is 8.27. The van der Waals surface area contributed by atoms with E-state index in [0.717, 1.165) is 11.8 Å². The zero-order chi connectivity index (χ0) is 15.6. The number of thioether (sulfide) groups is 1. The van der Waals surface area contributed by atoms with Crippen molar-refractivity contribution in [1.29, 1.82) is 0 Å². The summed E-state index contributed by atoms with van der Waals surface area (Å²) in [5.74, 6) is -0.304. The van der Waals surface area contributed by atoms with Gasteiger partial charge in [0.05, 0.1) is 17.2 Å². The van der Waals surface area contributed by atoms with E-state index in [9.17, 15) is 13.2 Å². The predicted molar refractivity (Wildman–Crippen MR) is 85.2 cm³/mol. The van der Waals surface area contributed by atoms with Gasteiger partial charge in [-0.2, -0.15) is 0 Å². The van der Waals surface area contributed by atoms with Crippen molar-refractivity contribution in [2.75, 3.05) is 11.5 Å². The Balaban J connectivity index is 2.30. The van der Waals surface area contributed by atoms with Crippen molar-refractivity contribution in [1.82, 2.24) is 0 Å². The van der Waals surface area contributed by atoms with E-state index >= 15 is 0 Å². The standard InChI is InChI=1S/C12H12N2O4S3/c1-2-18-7-10-11(15)14(12(19)20-10)8-3-5-9(6-4-8)21(13,16)17/h3-7H,2H2,1H3,(H2,13,16,17)/b10-7+. The number of anilines is 1. The van der Waals surface area contributed by atoms with Crippen LogP contribution in [0.15, 0.2) is 40.3 Å². The summed E-state index contributed by atoms with van der Waals surface area (Å²) >= 11 is 6.29. The third-order valence-electron chi connectivity index (χ3n) is 2.57. The molecule has 1 saturated heterocycles. The fraction of sp³-hybridized carbons (Fsp3) is 0.167. The Morgan fingerprint density at radius 3 is 2.52 bits per heavy atom. The summed E-state index contributed by atoms with van der Waals surface area (Å²) in [6.07, 6.45) is 1.37. The van der Waals surface area contributed by atoms with Gasteiger partial charge in [-0.25, -0.2) is 13.6 Å². The van der Waals surface area contributed by atoms with E-state index in [1.54, 1.807) is 0 Å². The molecule has 1 aliphatic rings. The van der Waals surface area contributed by atoms with E-state index in [2.05, 4.69) is 0 Å². The summed E-state index contributed by atoms with van der Waals surface area (Å²) in [5, 5.41) is 5.03. The van der Waals surface area contributed by atoms with Crippen molar-refractivity contribution in [2.24, 2.45) is 5.14 Å². The Kier molecular flexibility index (Phi) is 4.67. The average Bonchev–Trinajstić information content (AvgIpc) is 2.70. The first-order valence-electron chi connectivity index (χ1n) is 5.85. The molecule has 2 N–H and O–H groups in total. The third-order valence-corrected chi connectivity index (χ3v) is 4.78. The predicted octanol–water partition coefficient (Wildman–Crippen LogP) is 1.58. The van der Waals surface area contributed by atoms with Crippen LogP contribution >= 0.6 is 24.0 Å². The van der Waals surface area contributed by atoms with Crippen LogP contribution in [-0.4, -0.2) is 25.3 Å². The quantitative estimate of drug-likeness (QED) is 0.507. The first-order valence-corrected chi connectivity index (χ1v) is 8.62. The molecule has 0 radical (unpaired) electrons. The molecule has 0 spiro atoms. The first-order chi connectivity index (χ1) is 9.84. The van der Waals surface area contributed by atoms with Gasteiger partial charge in [0.25, 0.3) is 5.91 Å². The molecule has 112 valence electrons. The van der Waals surface area contributed by atoms with Gasteiger partial charge in [-0.05, 0) is 31.2 Å². The summed E-state index contributed by atoms with van der Waals surface area (Å²) in [6.45, 7) is 2.26. The lowest BCUT2D eigenvalue weighted by Crippen LogP contribution is -2.27. The molecule has 1 aromatic rings. The molecule has 1 aromatic carbocycles. The van der Waals surface area contributed by atoms with Crippen LogP contribution in [0.25, 0.3) is 0 Å². The molecule has 1 aliphatic heterocycles. The number of carbonyl (C=O) groups is 1. The maximum Gasteiger partial charge on any atom is 0.273 e. The van der Waals surface area contributed by atoms with Crippen molar-refractivity contribution in [2.45, 2.75) is 11.8 Å². The van der Waals surface area contributed by atoms with Crippen molar-refractivity contribution >= 4 is 49.9 Å². The normalized spacial score (nSPS) is 17.6. The van der Waals surface area contributed by atoms with Crippen LogP contribution < -0.4 is 10.0 Å². The van der Waals surface area contributed by atoms with Crippen LogP contribution in [0.3, 0.4) is 0 Å². The first kappa shape index (κ1) is 16.0. The molecular weight excluding hydrogens is 332 g/mol. The number of hydrogen-bond acceptors (Lipinski definition) is 6. The number of ether oxygens (including phenoxy) is 1. The van der Waals surface area contributed by atoms with E-state index in [1.165, 1.54) is 35.4 Å². The van der Waals surface area contributed by atoms with Crippen LogP contribution in [0.4, 0.5) is 5.69 Å². The monoisotopic (exact) mass is 344 g/mol. The highest BCUT2D eigenvalue weighted by Crippen LogP contribution is 2.35. The Bertz CT molecular complexity index is 711. The number of nitrogens with two attached hydrogens (primary N) is 1. The zero-order valence-corrected chi connectivity index (χ0v) is 13.4.